The third-order valence-corrected chi connectivity index (χ3v) is 4.20. The van der Waals surface area contributed by atoms with Gasteiger partial charge in [-0.3, -0.25) is 4.79 Å². The zero-order valence-electron chi connectivity index (χ0n) is 18.1. The standard InChI is InChI=1S/C22H24F2N4O4/c1-22(2,3)27-20(29)14-7-5-6-8-15(14)25-12-18-26-19(28-32-18)13-9-10-16(31-21(23)24)17(11-13)30-4/h5-11,21,25H,12H2,1-4H3,(H,27,29). The van der Waals surface area contributed by atoms with E-state index in [1.807, 2.05) is 26.8 Å². The van der Waals surface area contributed by atoms with Crippen molar-refractivity contribution in [3.8, 4) is 22.9 Å². The molecule has 0 aliphatic heterocycles. The van der Waals surface area contributed by atoms with Crippen LogP contribution in [0, 0.1) is 0 Å². The van der Waals surface area contributed by atoms with E-state index in [0.717, 1.165) is 0 Å². The number of aromatic nitrogens is 2. The average Bonchev–Trinajstić information content (AvgIpc) is 3.20. The van der Waals surface area contributed by atoms with Gasteiger partial charge in [0.15, 0.2) is 11.5 Å². The molecule has 0 aliphatic rings. The highest BCUT2D eigenvalue weighted by Crippen LogP contribution is 2.32. The van der Waals surface area contributed by atoms with E-state index in [1.54, 1.807) is 18.2 Å². The van der Waals surface area contributed by atoms with Gasteiger partial charge >= 0.3 is 6.61 Å². The van der Waals surface area contributed by atoms with Gasteiger partial charge in [-0.1, -0.05) is 17.3 Å². The van der Waals surface area contributed by atoms with Gasteiger partial charge in [0.2, 0.25) is 11.7 Å². The fraction of sp³-hybridized carbons (Fsp3) is 0.318. The molecular formula is C22H24F2N4O4. The number of amides is 1. The van der Waals surface area contributed by atoms with Crippen molar-refractivity contribution in [2.75, 3.05) is 12.4 Å². The van der Waals surface area contributed by atoms with Crippen LogP contribution in [0.4, 0.5) is 14.5 Å². The molecule has 32 heavy (non-hydrogen) atoms. The summed E-state index contributed by atoms with van der Waals surface area (Å²) >= 11 is 0. The first kappa shape index (κ1) is 23.0. The second kappa shape index (κ2) is 9.63. The summed E-state index contributed by atoms with van der Waals surface area (Å²) in [6.45, 7) is 2.92. The number of rotatable bonds is 8. The molecule has 1 heterocycles. The van der Waals surface area contributed by atoms with Gasteiger partial charge in [0.05, 0.1) is 19.2 Å². The smallest absolute Gasteiger partial charge is 0.387 e. The normalized spacial score (nSPS) is 11.3. The van der Waals surface area contributed by atoms with Crippen LogP contribution in [0.5, 0.6) is 11.5 Å². The highest BCUT2D eigenvalue weighted by atomic mass is 19.3. The number of anilines is 1. The molecule has 2 N–H and O–H groups in total. The van der Waals surface area contributed by atoms with Crippen LogP contribution in [-0.4, -0.2) is 35.3 Å². The number of halogens is 2. The largest absolute Gasteiger partial charge is 0.493 e. The number of alkyl halides is 2. The lowest BCUT2D eigenvalue weighted by molar-refractivity contribution is -0.0512. The summed E-state index contributed by atoms with van der Waals surface area (Å²) in [6, 6.07) is 11.4. The molecule has 2 aromatic carbocycles. The topological polar surface area (TPSA) is 98.5 Å². The minimum Gasteiger partial charge on any atom is -0.493 e. The van der Waals surface area contributed by atoms with Crippen molar-refractivity contribution in [3.63, 3.8) is 0 Å². The lowest BCUT2D eigenvalue weighted by Gasteiger charge is -2.21. The van der Waals surface area contributed by atoms with E-state index in [4.69, 9.17) is 9.26 Å². The Labute approximate surface area is 183 Å². The minimum absolute atomic E-state index is 0.0956. The van der Waals surface area contributed by atoms with Crippen molar-refractivity contribution in [2.24, 2.45) is 0 Å². The third-order valence-electron chi connectivity index (χ3n) is 4.20. The first-order chi connectivity index (χ1) is 15.2. The molecule has 3 aromatic rings. The highest BCUT2D eigenvalue weighted by Gasteiger charge is 2.19. The van der Waals surface area contributed by atoms with Crippen LogP contribution in [0.3, 0.4) is 0 Å². The Morgan fingerprint density at radius 2 is 1.91 bits per heavy atom. The monoisotopic (exact) mass is 446 g/mol. The maximum atomic E-state index is 12.6. The van der Waals surface area contributed by atoms with Crippen LogP contribution in [-0.2, 0) is 6.54 Å². The minimum atomic E-state index is -2.97. The molecule has 170 valence electrons. The zero-order chi connectivity index (χ0) is 23.3. The van der Waals surface area contributed by atoms with Gasteiger partial charge < -0.3 is 24.6 Å². The van der Waals surface area contributed by atoms with Crippen LogP contribution < -0.4 is 20.1 Å². The van der Waals surface area contributed by atoms with Crippen LogP contribution in [0.1, 0.15) is 37.0 Å². The zero-order valence-corrected chi connectivity index (χ0v) is 18.1. The second-order valence-electron chi connectivity index (χ2n) is 7.86. The molecule has 0 saturated heterocycles. The summed E-state index contributed by atoms with van der Waals surface area (Å²) in [5.41, 5.74) is 1.23. The van der Waals surface area contributed by atoms with Gasteiger partial charge in [-0.2, -0.15) is 13.8 Å². The number of carbonyl (C=O) groups excluding carboxylic acids is 1. The number of methoxy groups -OCH3 is 1. The van der Waals surface area contributed by atoms with Crippen LogP contribution in [0.15, 0.2) is 47.0 Å². The second-order valence-corrected chi connectivity index (χ2v) is 7.86. The van der Waals surface area contributed by atoms with Crippen LogP contribution in [0.2, 0.25) is 0 Å². The van der Waals surface area contributed by atoms with E-state index in [9.17, 15) is 13.6 Å². The summed E-state index contributed by atoms with van der Waals surface area (Å²) in [5, 5.41) is 9.98. The van der Waals surface area contributed by atoms with E-state index in [1.165, 1.54) is 25.3 Å². The molecule has 1 aromatic heterocycles. The maximum absolute atomic E-state index is 12.6. The molecule has 0 atom stereocenters. The number of benzene rings is 2. The van der Waals surface area contributed by atoms with E-state index in [0.29, 0.717) is 16.8 Å². The van der Waals surface area contributed by atoms with Gasteiger partial charge in [-0.25, -0.2) is 0 Å². The van der Waals surface area contributed by atoms with Crippen molar-refractivity contribution in [1.29, 1.82) is 0 Å². The number of nitrogens with one attached hydrogen (secondary N) is 2. The Hall–Kier alpha value is -3.69. The SMILES string of the molecule is COc1cc(-c2noc(CNc3ccccc3C(=O)NC(C)(C)C)n2)ccc1OC(F)F. The van der Waals surface area contributed by atoms with E-state index in [2.05, 4.69) is 25.5 Å². The van der Waals surface area contributed by atoms with Crippen LogP contribution >= 0.6 is 0 Å². The fourth-order valence-corrected chi connectivity index (χ4v) is 2.86. The summed E-state index contributed by atoms with van der Waals surface area (Å²) in [6.07, 6.45) is 0. The van der Waals surface area contributed by atoms with Crippen molar-refractivity contribution in [1.82, 2.24) is 15.5 Å². The van der Waals surface area contributed by atoms with Crippen LogP contribution in [0.25, 0.3) is 11.4 Å². The molecule has 1 amide bonds. The lowest BCUT2D eigenvalue weighted by atomic mass is 10.1. The Balaban J connectivity index is 1.73. The predicted molar refractivity (Wildman–Crippen MR) is 114 cm³/mol. The molecule has 3 rings (SSSR count). The molecule has 0 radical (unpaired) electrons. The molecule has 0 unspecified atom stereocenters. The van der Waals surface area contributed by atoms with Gasteiger partial charge in [0.25, 0.3) is 5.91 Å². The van der Waals surface area contributed by atoms with E-state index in [-0.39, 0.29) is 41.2 Å². The van der Waals surface area contributed by atoms with Gasteiger partial charge in [0.1, 0.15) is 0 Å². The Morgan fingerprint density at radius 3 is 2.59 bits per heavy atom. The van der Waals surface area contributed by atoms with Gasteiger partial charge in [0, 0.05) is 16.8 Å². The quantitative estimate of drug-likeness (QED) is 0.526. The first-order valence-electron chi connectivity index (χ1n) is 9.77. The molecule has 0 saturated carbocycles. The Morgan fingerprint density at radius 1 is 1.16 bits per heavy atom. The molecular weight excluding hydrogens is 422 g/mol. The predicted octanol–water partition coefficient (Wildman–Crippen LogP) is 4.49. The number of hydrogen-bond acceptors (Lipinski definition) is 7. The number of para-hydroxylation sites is 1. The summed E-state index contributed by atoms with van der Waals surface area (Å²) < 4.78 is 39.8. The van der Waals surface area contributed by atoms with Crippen molar-refractivity contribution < 1.29 is 27.6 Å². The van der Waals surface area contributed by atoms with Gasteiger partial charge in [-0.15, -0.1) is 0 Å². The Bertz CT molecular complexity index is 1080. The number of hydrogen-bond donors (Lipinski definition) is 2. The summed E-state index contributed by atoms with van der Waals surface area (Å²) in [7, 11) is 1.34. The van der Waals surface area contributed by atoms with E-state index >= 15 is 0 Å². The van der Waals surface area contributed by atoms with Gasteiger partial charge in [-0.05, 0) is 51.1 Å². The number of ether oxygens (including phenoxy) is 2. The van der Waals surface area contributed by atoms with Crippen molar-refractivity contribution in [3.05, 3.63) is 53.9 Å². The molecule has 0 bridgehead atoms. The van der Waals surface area contributed by atoms with E-state index < -0.39 is 6.61 Å². The molecule has 8 nitrogen and oxygen atoms in total. The highest BCUT2D eigenvalue weighted by molar-refractivity contribution is 5.99. The van der Waals surface area contributed by atoms with Crippen molar-refractivity contribution >= 4 is 11.6 Å². The first-order valence-corrected chi connectivity index (χ1v) is 9.77. The molecule has 0 aliphatic carbocycles. The Kier molecular flexibility index (Phi) is 6.92. The number of nitrogens with zero attached hydrogens (tertiary/aromatic N) is 2. The lowest BCUT2D eigenvalue weighted by Crippen LogP contribution is -2.40. The summed E-state index contributed by atoms with van der Waals surface area (Å²) in [4.78, 5) is 16.9. The maximum Gasteiger partial charge on any atom is 0.387 e. The summed E-state index contributed by atoms with van der Waals surface area (Å²) in [5.74, 6) is 0.346. The molecule has 0 fully saturated rings. The third kappa shape index (κ3) is 5.93. The number of carbonyl (C=O) groups is 1. The van der Waals surface area contributed by atoms with Crippen molar-refractivity contribution in [2.45, 2.75) is 39.5 Å². The molecule has 10 heteroatoms. The fourth-order valence-electron chi connectivity index (χ4n) is 2.86. The molecule has 0 spiro atoms. The average molecular weight is 446 g/mol.